The molecule has 1 spiro atoms. The van der Waals surface area contributed by atoms with Crippen LogP contribution in [0, 0.1) is 0 Å². The van der Waals surface area contributed by atoms with Gasteiger partial charge >= 0.3 is 0 Å². The van der Waals surface area contributed by atoms with Gasteiger partial charge in [0.15, 0.2) is 0 Å². The second-order valence-electron chi connectivity index (χ2n) is 7.72. The molecule has 5 rings (SSSR count). The first-order chi connectivity index (χ1) is 14.0. The molecule has 0 radical (unpaired) electrons. The van der Waals surface area contributed by atoms with Crippen LogP contribution in [-0.2, 0) is 21.0 Å². The molecule has 4 heteroatoms. The van der Waals surface area contributed by atoms with Gasteiger partial charge in [-0.15, -0.1) is 0 Å². The maximum absolute atomic E-state index is 13.9. The molecule has 3 unspecified atom stereocenters. The van der Waals surface area contributed by atoms with E-state index in [1.165, 1.54) is 0 Å². The summed E-state index contributed by atoms with van der Waals surface area (Å²) >= 11 is 0. The van der Waals surface area contributed by atoms with Crippen molar-refractivity contribution in [2.45, 2.75) is 21.5 Å². The molecular formula is C25H21NO2S. The van der Waals surface area contributed by atoms with Gasteiger partial charge in [0.05, 0.1) is 21.4 Å². The minimum atomic E-state index is -1.48. The van der Waals surface area contributed by atoms with E-state index >= 15 is 0 Å². The fourth-order valence-electron chi connectivity index (χ4n) is 4.82. The molecule has 0 bridgehead atoms. The number of carbonyl (C=O) groups is 1. The predicted octanol–water partition coefficient (Wildman–Crippen LogP) is 4.56. The van der Waals surface area contributed by atoms with E-state index in [-0.39, 0.29) is 5.91 Å². The molecule has 1 aliphatic heterocycles. The average Bonchev–Trinajstić information content (AvgIpc) is 3.49. The molecule has 29 heavy (non-hydrogen) atoms. The number of carbonyl (C=O) groups excluding carboxylic acids is 1. The van der Waals surface area contributed by atoms with Crippen molar-refractivity contribution >= 4 is 28.0 Å². The summed E-state index contributed by atoms with van der Waals surface area (Å²) in [4.78, 5) is 16.1. The molecule has 3 aromatic carbocycles. The summed E-state index contributed by atoms with van der Waals surface area (Å²) in [6.45, 7) is 4.43. The number of amides is 1. The topological polar surface area (TPSA) is 37.4 Å². The van der Waals surface area contributed by atoms with E-state index in [0.717, 1.165) is 22.4 Å². The summed E-state index contributed by atoms with van der Waals surface area (Å²) in [6, 6.07) is 27.3. The van der Waals surface area contributed by atoms with Gasteiger partial charge in [0, 0.05) is 12.5 Å². The van der Waals surface area contributed by atoms with E-state index in [4.69, 9.17) is 0 Å². The van der Waals surface area contributed by atoms with Crippen molar-refractivity contribution in [2.75, 3.05) is 11.9 Å². The first-order valence-corrected chi connectivity index (χ1v) is 10.8. The van der Waals surface area contributed by atoms with Gasteiger partial charge in [-0.3, -0.25) is 9.00 Å². The lowest BCUT2D eigenvalue weighted by Crippen LogP contribution is -2.49. The highest BCUT2D eigenvalue weighted by Crippen LogP contribution is 2.70. The molecule has 1 aliphatic carbocycles. The third-order valence-electron chi connectivity index (χ3n) is 6.38. The lowest BCUT2D eigenvalue weighted by molar-refractivity contribution is -0.119. The Morgan fingerprint density at radius 1 is 0.931 bits per heavy atom. The van der Waals surface area contributed by atoms with Gasteiger partial charge in [-0.05, 0) is 35.3 Å². The second-order valence-corrected chi connectivity index (χ2v) is 9.39. The number of hydrogen-bond acceptors (Lipinski definition) is 2. The van der Waals surface area contributed by atoms with Crippen molar-refractivity contribution in [3.8, 4) is 0 Å². The Kier molecular flexibility index (Phi) is 3.90. The summed E-state index contributed by atoms with van der Waals surface area (Å²) in [5.74, 6) is -0.101. The zero-order valence-electron chi connectivity index (χ0n) is 16.2. The maximum atomic E-state index is 13.9. The zero-order chi connectivity index (χ0) is 20.2. The number of hydrogen-bond donors (Lipinski definition) is 0. The summed E-state index contributed by atoms with van der Waals surface area (Å²) < 4.78 is 12.9. The van der Waals surface area contributed by atoms with E-state index in [1.807, 2.05) is 84.9 Å². The predicted molar refractivity (Wildman–Crippen MR) is 117 cm³/mol. The lowest BCUT2D eigenvalue weighted by Gasteiger charge is -2.35. The highest BCUT2D eigenvalue weighted by atomic mass is 32.2. The number of nitrogens with zero attached hydrogens (tertiary/aromatic N) is 1. The molecule has 144 valence electrons. The van der Waals surface area contributed by atoms with E-state index < -0.39 is 21.0 Å². The van der Waals surface area contributed by atoms with Gasteiger partial charge in [-0.25, -0.2) is 0 Å². The first kappa shape index (κ1) is 18.1. The molecule has 1 fully saturated rings. The lowest BCUT2D eigenvalue weighted by atomic mass is 9.82. The Morgan fingerprint density at radius 2 is 1.52 bits per heavy atom. The van der Waals surface area contributed by atoms with Gasteiger partial charge in [0.1, 0.15) is 4.75 Å². The SMILES string of the molecule is C=C(c1ccccc1)C1(c2ccccc2)CC12C(=O)N(C)c1ccccc1S2=O. The van der Waals surface area contributed by atoms with Crippen LogP contribution in [0.4, 0.5) is 5.69 Å². The molecule has 1 heterocycles. The largest absolute Gasteiger partial charge is 0.313 e. The number of benzene rings is 3. The molecule has 3 nitrogen and oxygen atoms in total. The van der Waals surface area contributed by atoms with Gasteiger partial charge < -0.3 is 4.90 Å². The second kappa shape index (κ2) is 6.26. The van der Waals surface area contributed by atoms with Crippen LogP contribution in [0.1, 0.15) is 17.5 Å². The van der Waals surface area contributed by atoms with E-state index in [0.29, 0.717) is 11.3 Å². The standard InChI is InChI=1S/C25H21NO2S/c1-18(19-11-5-3-6-12-19)24(20-13-7-4-8-14-20)17-25(24)23(27)26(2)21-15-9-10-16-22(21)29(25)28/h3-16H,1,17H2,2H3. The van der Waals surface area contributed by atoms with Gasteiger partial charge in [0.25, 0.3) is 0 Å². The summed E-state index contributed by atoms with van der Waals surface area (Å²) in [6.07, 6.45) is 0.488. The normalized spacial score (nSPS) is 27.6. The van der Waals surface area contributed by atoms with E-state index in [9.17, 15) is 9.00 Å². The number of rotatable bonds is 3. The molecule has 0 N–H and O–H groups in total. The van der Waals surface area contributed by atoms with Crippen LogP contribution in [-0.4, -0.2) is 21.9 Å². The molecular weight excluding hydrogens is 378 g/mol. The molecule has 0 saturated heterocycles. The Bertz CT molecular complexity index is 1160. The Balaban J connectivity index is 1.75. The maximum Gasteiger partial charge on any atom is 0.247 e. The van der Waals surface area contributed by atoms with Crippen molar-refractivity contribution in [1.29, 1.82) is 0 Å². The highest BCUT2D eigenvalue weighted by Gasteiger charge is 2.79. The number of fused-ring (bicyclic) bond motifs is 1. The Hall–Kier alpha value is -2.98. The molecule has 3 aromatic rings. The highest BCUT2D eigenvalue weighted by molar-refractivity contribution is 7.88. The first-order valence-electron chi connectivity index (χ1n) is 9.63. The third-order valence-corrected chi connectivity index (χ3v) is 8.42. The molecule has 2 aliphatic rings. The summed E-state index contributed by atoms with van der Waals surface area (Å²) in [7, 11) is 0.295. The molecule has 0 aromatic heterocycles. The van der Waals surface area contributed by atoms with E-state index in [1.54, 1.807) is 11.9 Å². The average molecular weight is 400 g/mol. The monoisotopic (exact) mass is 399 g/mol. The third kappa shape index (κ3) is 2.24. The Labute approximate surface area is 173 Å². The zero-order valence-corrected chi connectivity index (χ0v) is 17.0. The van der Waals surface area contributed by atoms with Crippen LogP contribution in [0.2, 0.25) is 0 Å². The van der Waals surface area contributed by atoms with Crippen LogP contribution >= 0.6 is 0 Å². The van der Waals surface area contributed by atoms with Crippen LogP contribution in [0.15, 0.2) is 96.4 Å². The molecule has 1 saturated carbocycles. The number of para-hydroxylation sites is 1. The van der Waals surface area contributed by atoms with Gasteiger partial charge in [-0.2, -0.15) is 0 Å². The quantitative estimate of drug-likeness (QED) is 0.647. The molecule has 3 atom stereocenters. The Morgan fingerprint density at radius 3 is 2.21 bits per heavy atom. The smallest absolute Gasteiger partial charge is 0.247 e. The number of allylic oxidation sites excluding steroid dienone is 1. The van der Waals surface area contributed by atoms with Crippen molar-refractivity contribution in [3.63, 3.8) is 0 Å². The fourth-order valence-corrected chi connectivity index (χ4v) is 6.99. The van der Waals surface area contributed by atoms with Gasteiger partial charge in [0.2, 0.25) is 5.91 Å². The van der Waals surface area contributed by atoms with E-state index in [2.05, 4.69) is 6.58 Å². The van der Waals surface area contributed by atoms with Crippen LogP contribution in [0.3, 0.4) is 0 Å². The minimum absolute atomic E-state index is 0.101. The van der Waals surface area contributed by atoms with Crippen molar-refractivity contribution < 1.29 is 9.00 Å². The van der Waals surface area contributed by atoms with Crippen molar-refractivity contribution in [3.05, 3.63) is 103 Å². The summed E-state index contributed by atoms with van der Waals surface area (Å²) in [5.41, 5.74) is 2.83. The van der Waals surface area contributed by atoms with Crippen LogP contribution < -0.4 is 4.90 Å². The van der Waals surface area contributed by atoms with Crippen molar-refractivity contribution in [1.82, 2.24) is 0 Å². The van der Waals surface area contributed by atoms with Crippen LogP contribution in [0.25, 0.3) is 5.57 Å². The van der Waals surface area contributed by atoms with Crippen molar-refractivity contribution in [2.24, 2.45) is 0 Å². The van der Waals surface area contributed by atoms with Crippen LogP contribution in [0.5, 0.6) is 0 Å². The number of anilines is 1. The fraction of sp³-hybridized carbons (Fsp3) is 0.160. The van der Waals surface area contributed by atoms with Gasteiger partial charge in [-0.1, -0.05) is 79.4 Å². The minimum Gasteiger partial charge on any atom is -0.313 e. The molecule has 1 amide bonds. The summed E-state index contributed by atoms with van der Waals surface area (Å²) in [5, 5.41) is 0.